The second kappa shape index (κ2) is 16.1. The van der Waals surface area contributed by atoms with Gasteiger partial charge in [0, 0.05) is 22.6 Å². The third kappa shape index (κ3) is 15.3. The van der Waals surface area contributed by atoms with Crippen LogP contribution in [0.5, 0.6) is 0 Å². The maximum Gasteiger partial charge on any atom is 0.179 e. The minimum atomic E-state index is 0.00347. The summed E-state index contributed by atoms with van der Waals surface area (Å²) in [7, 11) is 0. The molecule has 0 saturated carbocycles. The molecule has 16 heteroatoms. The number of tetrazole rings is 2. The van der Waals surface area contributed by atoms with Crippen molar-refractivity contribution < 1.29 is 0 Å². The van der Waals surface area contributed by atoms with Gasteiger partial charge < -0.3 is 4.57 Å². The van der Waals surface area contributed by atoms with Gasteiger partial charge in [0.05, 0.1) is 23.6 Å². The van der Waals surface area contributed by atoms with Gasteiger partial charge in [-0.25, -0.2) is 4.68 Å². The quantitative estimate of drug-likeness (QED) is 0.214. The molecule has 5 rings (SSSR count). The molecule has 0 bridgehead atoms. The van der Waals surface area contributed by atoms with Crippen LogP contribution in [-0.4, -0.2) is 81.2 Å². The van der Waals surface area contributed by atoms with Crippen molar-refractivity contribution in [2.24, 2.45) is 0 Å². The first-order valence-electron chi connectivity index (χ1n) is 14.7. The fraction of sp³-hybridized carbons (Fsp3) is 0.690. The van der Waals surface area contributed by atoms with Crippen LogP contribution >= 0.6 is 0 Å². The molecule has 0 unspecified atom stereocenters. The Balaban J connectivity index is 0.000000281. The van der Waals surface area contributed by atoms with Gasteiger partial charge in [-0.05, 0) is 62.9 Å². The van der Waals surface area contributed by atoms with Crippen molar-refractivity contribution in [3.8, 4) is 0 Å². The molecule has 5 heterocycles. The number of hydrogen-bond acceptors (Lipinski definition) is 11. The van der Waals surface area contributed by atoms with Crippen molar-refractivity contribution in [3.63, 3.8) is 0 Å². The molecule has 0 aliphatic rings. The Hall–Kier alpha value is -4.37. The van der Waals surface area contributed by atoms with Gasteiger partial charge in [0.1, 0.15) is 19.0 Å². The first kappa shape index (κ1) is 38.7. The van der Waals surface area contributed by atoms with Crippen molar-refractivity contribution in [3.05, 3.63) is 54.7 Å². The fourth-order valence-corrected chi connectivity index (χ4v) is 2.72. The Morgan fingerprint density at radius 1 is 0.600 bits per heavy atom. The Labute approximate surface area is 267 Å². The van der Waals surface area contributed by atoms with Crippen LogP contribution in [0.4, 0.5) is 0 Å². The highest BCUT2D eigenvalue weighted by atomic mass is 15.5. The highest BCUT2D eigenvalue weighted by Crippen LogP contribution is 2.19. The van der Waals surface area contributed by atoms with Crippen LogP contribution in [0.2, 0.25) is 0 Å². The van der Waals surface area contributed by atoms with E-state index >= 15 is 0 Å². The lowest BCUT2D eigenvalue weighted by Crippen LogP contribution is -2.22. The van der Waals surface area contributed by atoms with Crippen LogP contribution in [0.15, 0.2) is 37.6 Å². The summed E-state index contributed by atoms with van der Waals surface area (Å²) in [6.07, 6.45) is 10.6. The highest BCUT2D eigenvalue weighted by molar-refractivity contribution is 5.13. The highest BCUT2D eigenvalue weighted by Gasteiger charge is 2.18. The molecule has 0 fully saturated rings. The van der Waals surface area contributed by atoms with E-state index in [-0.39, 0.29) is 27.3 Å². The first-order valence-corrected chi connectivity index (χ1v) is 14.7. The summed E-state index contributed by atoms with van der Waals surface area (Å²) < 4.78 is 3.68. The summed E-state index contributed by atoms with van der Waals surface area (Å²) in [5.74, 6) is 0.752. The lowest BCUT2D eigenvalue weighted by Gasteiger charge is -2.18. The number of rotatable bonds is 0. The van der Waals surface area contributed by atoms with Gasteiger partial charge in [-0.1, -0.05) is 67.5 Å². The molecule has 0 atom stereocenters. The van der Waals surface area contributed by atoms with E-state index < -0.39 is 0 Å². The summed E-state index contributed by atoms with van der Waals surface area (Å²) in [4.78, 5) is 0. The van der Waals surface area contributed by atoms with Gasteiger partial charge in [-0.15, -0.1) is 25.5 Å². The topological polar surface area (TPSA) is 199 Å². The predicted octanol–water partition coefficient (Wildman–Crippen LogP) is 4.77. The van der Waals surface area contributed by atoms with Crippen molar-refractivity contribution >= 4 is 0 Å². The number of nitrogens with zero attached hydrogens (tertiary/aromatic N) is 13. The summed E-state index contributed by atoms with van der Waals surface area (Å²) in [6.45, 7) is 31.4. The smallest absolute Gasteiger partial charge is 0.179 e. The molecule has 0 amide bonds. The van der Waals surface area contributed by atoms with Crippen molar-refractivity contribution in [1.82, 2.24) is 81.2 Å². The van der Waals surface area contributed by atoms with E-state index in [1.807, 2.05) is 58.5 Å². The van der Waals surface area contributed by atoms with Crippen LogP contribution < -0.4 is 0 Å². The minimum absolute atomic E-state index is 0.00347. The summed E-state index contributed by atoms with van der Waals surface area (Å²) in [6, 6.07) is 0. The average molecular weight is 627 g/mol. The summed E-state index contributed by atoms with van der Waals surface area (Å²) in [5.41, 5.74) is 2.73. The first-order chi connectivity index (χ1) is 20.5. The Bertz CT molecular complexity index is 1110. The molecule has 0 aliphatic carbocycles. The molecule has 45 heavy (non-hydrogen) atoms. The number of H-pyrrole nitrogens is 3. The second-order valence-corrected chi connectivity index (χ2v) is 15.3. The predicted molar refractivity (Wildman–Crippen MR) is 173 cm³/mol. The van der Waals surface area contributed by atoms with Crippen molar-refractivity contribution in [2.75, 3.05) is 0 Å². The van der Waals surface area contributed by atoms with Crippen molar-refractivity contribution in [1.29, 1.82) is 0 Å². The molecule has 5 aromatic heterocycles. The molecular weight excluding hydrogens is 572 g/mol. The Morgan fingerprint density at radius 2 is 1.22 bits per heavy atom. The monoisotopic (exact) mass is 626 g/mol. The van der Waals surface area contributed by atoms with E-state index in [0.29, 0.717) is 0 Å². The summed E-state index contributed by atoms with van der Waals surface area (Å²) in [5, 5.41) is 48.6. The van der Waals surface area contributed by atoms with Crippen LogP contribution in [0, 0.1) is 0 Å². The molecule has 0 radical (unpaired) electrons. The third-order valence-electron chi connectivity index (χ3n) is 5.79. The van der Waals surface area contributed by atoms with E-state index in [4.69, 9.17) is 0 Å². The molecule has 0 aliphatic heterocycles. The molecule has 16 nitrogen and oxygen atoms in total. The lowest BCUT2D eigenvalue weighted by molar-refractivity contribution is 0.346. The Kier molecular flexibility index (Phi) is 13.8. The zero-order valence-corrected chi connectivity index (χ0v) is 29.8. The van der Waals surface area contributed by atoms with E-state index in [0.717, 1.165) is 11.5 Å². The second-order valence-electron chi connectivity index (χ2n) is 15.3. The normalized spacial score (nSPS) is 11.9. The lowest BCUT2D eigenvalue weighted by atomic mass is 9.90. The van der Waals surface area contributed by atoms with Crippen LogP contribution in [-0.2, 0) is 27.3 Å². The maximum absolute atomic E-state index is 3.95. The third-order valence-corrected chi connectivity index (χ3v) is 5.79. The molecular formula is C29H54N16. The zero-order chi connectivity index (χ0) is 34.5. The molecule has 250 valence electrons. The van der Waals surface area contributed by atoms with Gasteiger partial charge in [-0.3, -0.25) is 5.10 Å². The molecule has 0 spiro atoms. The van der Waals surface area contributed by atoms with E-state index in [1.165, 1.54) is 5.56 Å². The number of aromatic nitrogens is 16. The maximum atomic E-state index is 3.95. The molecule has 0 aromatic carbocycles. The van der Waals surface area contributed by atoms with Gasteiger partial charge >= 0.3 is 0 Å². The van der Waals surface area contributed by atoms with Gasteiger partial charge in [0.2, 0.25) is 0 Å². The number of hydrogen-bond donors (Lipinski definition) is 3. The minimum Gasteiger partial charge on any atom is -0.315 e. The molecule has 3 N–H and O–H groups in total. The fourth-order valence-electron chi connectivity index (χ4n) is 2.72. The van der Waals surface area contributed by atoms with Crippen LogP contribution in [0.1, 0.15) is 121 Å². The van der Waals surface area contributed by atoms with E-state index in [9.17, 15) is 0 Å². The molecule has 0 saturated heterocycles. The number of aromatic amines is 3. The van der Waals surface area contributed by atoms with E-state index in [2.05, 4.69) is 134 Å². The van der Waals surface area contributed by atoms with Crippen molar-refractivity contribution in [2.45, 2.75) is 131 Å². The van der Waals surface area contributed by atoms with E-state index in [1.54, 1.807) is 29.9 Å². The van der Waals surface area contributed by atoms with Gasteiger partial charge in [0.15, 0.2) is 5.82 Å². The van der Waals surface area contributed by atoms with Crippen LogP contribution in [0.25, 0.3) is 0 Å². The average Bonchev–Trinajstić information content (AvgIpc) is 3.75. The SMILES string of the molecule is CC(C)(C)c1cn[nH]c1.CC(C)(C)c1cn[nH]n1.CC(C)(C)c1nn[nH]n1.CC(C)(C)n1cnnc1.CC(C)(C)n1cnnn1. The standard InChI is InChI=1S/C7H12N2.2C6H11N3.2C5H10N4/c1-7(2,3)6-4-8-9-5-6;1-6(2,3)9-4-7-8-5-9;1-6(2,3)5-4-7-9-8-5;1-5(2,3)9-4-6-7-8-9;1-5(2,3)4-6-8-9-7-4/h4-5H,1-3H3,(H,8,9);4-5H,1-3H3;4H,1-3H3,(H,7,8,9);4H,1-3H3;1-3H3,(H,6,7,8,9). The van der Waals surface area contributed by atoms with Crippen LogP contribution in [0.3, 0.4) is 0 Å². The van der Waals surface area contributed by atoms with Gasteiger partial charge in [0.25, 0.3) is 0 Å². The summed E-state index contributed by atoms with van der Waals surface area (Å²) >= 11 is 0. The zero-order valence-electron chi connectivity index (χ0n) is 29.8. The largest absolute Gasteiger partial charge is 0.315 e. The molecule has 5 aromatic rings. The number of nitrogens with one attached hydrogen (secondary N) is 3. The van der Waals surface area contributed by atoms with Gasteiger partial charge in [-0.2, -0.15) is 25.7 Å². The Morgan fingerprint density at radius 3 is 1.44 bits per heavy atom.